The molecule has 4 nitrogen and oxygen atoms in total. The smallest absolute Gasteiger partial charge is 0.337 e. The predicted molar refractivity (Wildman–Crippen MR) is 53.5 cm³/mol. The van der Waals surface area contributed by atoms with Gasteiger partial charge in [-0.15, -0.1) is 0 Å². The van der Waals surface area contributed by atoms with E-state index in [-0.39, 0.29) is 11.3 Å². The van der Waals surface area contributed by atoms with Crippen LogP contribution in [0.5, 0.6) is 5.75 Å². The fourth-order valence-corrected chi connectivity index (χ4v) is 1.01. The molecule has 0 heterocycles. The number of aromatic carboxylic acids is 1. The normalized spacial score (nSPS) is 9.43. The molecule has 0 saturated heterocycles. The summed E-state index contributed by atoms with van der Waals surface area (Å²) in [4.78, 5) is 10.7. The van der Waals surface area contributed by atoms with Gasteiger partial charge in [0.1, 0.15) is 12.4 Å². The van der Waals surface area contributed by atoms with Gasteiger partial charge in [-0.3, -0.25) is 0 Å². The number of carbonyl (C=O) groups is 1. The van der Waals surface area contributed by atoms with Gasteiger partial charge in [0.15, 0.2) is 0 Å². The Morgan fingerprint density at radius 1 is 1.64 bits per heavy atom. The summed E-state index contributed by atoms with van der Waals surface area (Å²) in [6, 6.07) is 4.63. The maximum Gasteiger partial charge on any atom is 0.337 e. The van der Waals surface area contributed by atoms with Crippen molar-refractivity contribution in [3.05, 3.63) is 36.4 Å². The first kappa shape index (κ1) is 10.1. The van der Waals surface area contributed by atoms with Crippen LogP contribution in [0.2, 0.25) is 0 Å². The topological polar surface area (TPSA) is 72.5 Å². The summed E-state index contributed by atoms with van der Waals surface area (Å²) >= 11 is 0. The van der Waals surface area contributed by atoms with Gasteiger partial charge in [-0.1, -0.05) is 18.7 Å². The molecule has 14 heavy (non-hydrogen) atoms. The molecule has 0 aromatic heterocycles. The minimum absolute atomic E-state index is 0.0477. The highest BCUT2D eigenvalue weighted by atomic mass is 16.5. The van der Waals surface area contributed by atoms with E-state index in [0.717, 1.165) is 0 Å². The number of ether oxygens (including phenoxy) is 1. The molecule has 0 aliphatic heterocycles. The van der Waals surface area contributed by atoms with E-state index in [2.05, 4.69) is 6.58 Å². The molecule has 0 unspecified atom stereocenters. The van der Waals surface area contributed by atoms with Crippen LogP contribution < -0.4 is 10.5 Å². The van der Waals surface area contributed by atoms with Gasteiger partial charge in [-0.25, -0.2) is 4.79 Å². The molecule has 0 atom stereocenters. The fraction of sp³-hybridized carbons (Fsp3) is 0.100. The first-order valence-corrected chi connectivity index (χ1v) is 4.02. The van der Waals surface area contributed by atoms with E-state index in [0.29, 0.717) is 12.4 Å². The number of nitrogen functional groups attached to an aromatic ring is 1. The third-order valence-corrected chi connectivity index (χ3v) is 1.65. The van der Waals surface area contributed by atoms with Gasteiger partial charge in [0.2, 0.25) is 0 Å². The number of rotatable bonds is 4. The Balaban J connectivity index is 3.01. The lowest BCUT2D eigenvalue weighted by molar-refractivity contribution is 0.0697. The maximum atomic E-state index is 10.7. The van der Waals surface area contributed by atoms with Crippen LogP contribution >= 0.6 is 0 Å². The molecule has 0 spiro atoms. The van der Waals surface area contributed by atoms with Crippen LogP contribution in [0.3, 0.4) is 0 Å². The van der Waals surface area contributed by atoms with E-state index in [4.69, 9.17) is 15.6 Å². The number of hydrogen-bond donors (Lipinski definition) is 2. The molecule has 74 valence electrons. The van der Waals surface area contributed by atoms with Crippen molar-refractivity contribution in [2.45, 2.75) is 0 Å². The predicted octanol–water partition coefficient (Wildman–Crippen LogP) is 1.53. The summed E-state index contributed by atoms with van der Waals surface area (Å²) in [5.41, 5.74) is 5.77. The monoisotopic (exact) mass is 193 g/mol. The molecule has 1 aromatic rings. The Labute approximate surface area is 81.6 Å². The Morgan fingerprint density at radius 2 is 2.36 bits per heavy atom. The van der Waals surface area contributed by atoms with Crippen molar-refractivity contribution < 1.29 is 14.6 Å². The number of carboxylic acid groups (broad SMARTS) is 1. The summed E-state index contributed by atoms with van der Waals surface area (Å²) in [5.74, 6) is -0.698. The Hall–Kier alpha value is -1.97. The highest BCUT2D eigenvalue weighted by molar-refractivity contribution is 5.95. The van der Waals surface area contributed by atoms with Crippen molar-refractivity contribution in [1.82, 2.24) is 0 Å². The molecule has 0 bridgehead atoms. The average Bonchev–Trinajstić information content (AvgIpc) is 2.16. The molecule has 0 fully saturated rings. The van der Waals surface area contributed by atoms with E-state index < -0.39 is 5.97 Å². The lowest BCUT2D eigenvalue weighted by Gasteiger charge is -2.08. The van der Waals surface area contributed by atoms with Crippen LogP contribution in [-0.2, 0) is 0 Å². The summed E-state index contributed by atoms with van der Waals surface area (Å²) in [5, 5.41) is 8.76. The van der Waals surface area contributed by atoms with Crippen LogP contribution in [-0.4, -0.2) is 17.7 Å². The summed E-state index contributed by atoms with van der Waals surface area (Å²) in [6.07, 6.45) is 1.56. The molecular formula is C10H11NO3. The molecule has 0 radical (unpaired) electrons. The number of para-hydroxylation sites is 1. The summed E-state index contributed by atoms with van der Waals surface area (Å²) < 4.78 is 5.17. The molecule has 1 rings (SSSR count). The van der Waals surface area contributed by atoms with E-state index >= 15 is 0 Å². The number of carboxylic acids is 1. The van der Waals surface area contributed by atoms with Gasteiger partial charge in [-0.05, 0) is 12.1 Å². The Kier molecular flexibility index (Phi) is 3.12. The molecule has 1 aromatic carbocycles. The zero-order chi connectivity index (χ0) is 10.6. The van der Waals surface area contributed by atoms with Gasteiger partial charge in [0.05, 0.1) is 11.3 Å². The average molecular weight is 193 g/mol. The van der Waals surface area contributed by atoms with Gasteiger partial charge in [-0.2, -0.15) is 0 Å². The van der Waals surface area contributed by atoms with Gasteiger partial charge in [0.25, 0.3) is 0 Å². The summed E-state index contributed by atoms with van der Waals surface area (Å²) in [7, 11) is 0. The lowest BCUT2D eigenvalue weighted by Crippen LogP contribution is -2.05. The first-order chi connectivity index (χ1) is 6.66. The highest BCUT2D eigenvalue weighted by Gasteiger charge is 2.11. The number of anilines is 1. The van der Waals surface area contributed by atoms with Crippen LogP contribution in [0.4, 0.5) is 5.69 Å². The van der Waals surface area contributed by atoms with Crippen LogP contribution in [0.15, 0.2) is 30.9 Å². The van der Waals surface area contributed by atoms with E-state index in [1.54, 1.807) is 18.2 Å². The van der Waals surface area contributed by atoms with Gasteiger partial charge < -0.3 is 15.6 Å². The first-order valence-electron chi connectivity index (χ1n) is 4.02. The Morgan fingerprint density at radius 3 is 2.93 bits per heavy atom. The van der Waals surface area contributed by atoms with Gasteiger partial charge >= 0.3 is 5.97 Å². The minimum Gasteiger partial charge on any atom is -0.487 e. The highest BCUT2D eigenvalue weighted by Crippen LogP contribution is 2.24. The maximum absolute atomic E-state index is 10.7. The van der Waals surface area contributed by atoms with Crippen LogP contribution in [0, 0.1) is 0 Å². The molecule has 0 aliphatic carbocycles. The van der Waals surface area contributed by atoms with E-state index in [1.807, 2.05) is 0 Å². The van der Waals surface area contributed by atoms with Crippen molar-refractivity contribution in [1.29, 1.82) is 0 Å². The van der Waals surface area contributed by atoms with Crippen molar-refractivity contribution in [2.75, 3.05) is 12.3 Å². The minimum atomic E-state index is -1.06. The van der Waals surface area contributed by atoms with Crippen LogP contribution in [0.25, 0.3) is 0 Å². The van der Waals surface area contributed by atoms with E-state index in [1.165, 1.54) is 6.07 Å². The second kappa shape index (κ2) is 4.32. The number of benzene rings is 1. The third-order valence-electron chi connectivity index (χ3n) is 1.65. The van der Waals surface area contributed by atoms with Crippen molar-refractivity contribution in [3.63, 3.8) is 0 Å². The second-order valence-corrected chi connectivity index (χ2v) is 2.62. The third kappa shape index (κ3) is 2.04. The second-order valence-electron chi connectivity index (χ2n) is 2.62. The molecular weight excluding hydrogens is 182 g/mol. The summed E-state index contributed by atoms with van der Waals surface area (Å²) in [6.45, 7) is 3.78. The van der Waals surface area contributed by atoms with Crippen molar-refractivity contribution in [2.24, 2.45) is 0 Å². The largest absolute Gasteiger partial charge is 0.487 e. The quantitative estimate of drug-likeness (QED) is 0.561. The van der Waals surface area contributed by atoms with Crippen molar-refractivity contribution >= 4 is 11.7 Å². The molecule has 0 aliphatic rings. The van der Waals surface area contributed by atoms with E-state index in [9.17, 15) is 4.79 Å². The zero-order valence-corrected chi connectivity index (χ0v) is 7.56. The molecule has 3 N–H and O–H groups in total. The molecule has 0 saturated carbocycles. The van der Waals surface area contributed by atoms with Crippen molar-refractivity contribution in [3.8, 4) is 5.75 Å². The number of nitrogens with two attached hydrogens (primary N) is 1. The Bertz CT molecular complexity index is 360. The zero-order valence-electron chi connectivity index (χ0n) is 7.56. The van der Waals surface area contributed by atoms with Crippen LogP contribution in [0.1, 0.15) is 10.4 Å². The molecule has 4 heteroatoms. The fourth-order valence-electron chi connectivity index (χ4n) is 1.01. The SMILES string of the molecule is C=CCOc1cccc(C(=O)O)c1N. The van der Waals surface area contributed by atoms with Gasteiger partial charge in [0, 0.05) is 0 Å². The standard InChI is InChI=1S/C10H11NO3/c1-2-6-14-8-5-3-4-7(9(8)11)10(12)13/h2-5H,1,6,11H2,(H,12,13). The lowest BCUT2D eigenvalue weighted by atomic mass is 10.1. The number of hydrogen-bond acceptors (Lipinski definition) is 3. The molecule has 0 amide bonds.